The molecule has 4 nitrogen and oxygen atoms in total. The molecule has 28 heavy (non-hydrogen) atoms. The molecule has 0 radical (unpaired) electrons. The highest BCUT2D eigenvalue weighted by atomic mass is 32.1. The summed E-state index contributed by atoms with van der Waals surface area (Å²) in [5.41, 5.74) is 6.01. The quantitative estimate of drug-likeness (QED) is 0.643. The number of thiazole rings is 1. The molecule has 0 spiro atoms. The van der Waals surface area contributed by atoms with Crippen molar-refractivity contribution in [2.45, 2.75) is 20.4 Å². The molecule has 0 N–H and O–H groups in total. The predicted octanol–water partition coefficient (Wildman–Crippen LogP) is 4.40. The summed E-state index contributed by atoms with van der Waals surface area (Å²) >= 11 is 1.72. The van der Waals surface area contributed by atoms with Gasteiger partial charge < -0.3 is 9.30 Å². The van der Waals surface area contributed by atoms with Gasteiger partial charge in [-0.2, -0.15) is 0 Å². The summed E-state index contributed by atoms with van der Waals surface area (Å²) in [7, 11) is 0. The van der Waals surface area contributed by atoms with Crippen molar-refractivity contribution in [2.75, 3.05) is 32.8 Å². The molecule has 0 atom stereocenters. The molecule has 0 amide bonds. The van der Waals surface area contributed by atoms with E-state index in [0.717, 1.165) is 49.9 Å². The van der Waals surface area contributed by atoms with Gasteiger partial charge in [0, 0.05) is 31.6 Å². The Bertz CT molecular complexity index is 982. The van der Waals surface area contributed by atoms with Crippen molar-refractivity contribution in [1.29, 1.82) is 0 Å². The monoisotopic (exact) mass is 393 g/mol. The zero-order chi connectivity index (χ0) is 19.3. The van der Waals surface area contributed by atoms with Crippen molar-refractivity contribution < 1.29 is 4.74 Å². The summed E-state index contributed by atoms with van der Waals surface area (Å²) in [6.07, 6.45) is 0. The lowest BCUT2D eigenvalue weighted by Crippen LogP contribution is -2.39. The number of morpholine rings is 1. The molecule has 1 aliphatic rings. The van der Waals surface area contributed by atoms with E-state index in [1.807, 2.05) is 0 Å². The van der Waals surface area contributed by atoms with Crippen molar-refractivity contribution in [1.82, 2.24) is 9.47 Å². The summed E-state index contributed by atoms with van der Waals surface area (Å²) in [6.45, 7) is 9.87. The van der Waals surface area contributed by atoms with Gasteiger partial charge in [-0.1, -0.05) is 48.0 Å². The van der Waals surface area contributed by atoms with Crippen molar-refractivity contribution in [3.05, 3.63) is 69.8 Å². The maximum Gasteiger partial charge on any atom is 0.190 e. The normalized spacial score (nSPS) is 15.9. The van der Waals surface area contributed by atoms with Crippen molar-refractivity contribution in [3.63, 3.8) is 0 Å². The molecule has 4 rings (SSSR count). The van der Waals surface area contributed by atoms with Gasteiger partial charge in [-0.3, -0.25) is 4.90 Å². The average molecular weight is 394 g/mol. The van der Waals surface area contributed by atoms with Crippen LogP contribution in [0.2, 0.25) is 0 Å². The second-order valence-corrected chi connectivity index (χ2v) is 8.11. The first-order valence-electron chi connectivity index (χ1n) is 9.86. The fraction of sp³-hybridized carbons (Fsp3) is 0.348. The summed E-state index contributed by atoms with van der Waals surface area (Å²) in [6, 6.07) is 17.1. The van der Waals surface area contributed by atoms with Gasteiger partial charge >= 0.3 is 0 Å². The fourth-order valence-electron chi connectivity index (χ4n) is 3.45. The largest absolute Gasteiger partial charge is 0.379 e. The average Bonchev–Trinajstić information content (AvgIpc) is 3.12. The van der Waals surface area contributed by atoms with Gasteiger partial charge in [-0.05, 0) is 31.0 Å². The number of para-hydroxylation sites is 1. The number of hydrogen-bond acceptors (Lipinski definition) is 4. The van der Waals surface area contributed by atoms with Crippen LogP contribution in [0.1, 0.15) is 11.1 Å². The zero-order valence-electron chi connectivity index (χ0n) is 16.6. The molecule has 3 aromatic rings. The number of benzene rings is 2. The molecule has 146 valence electrons. The van der Waals surface area contributed by atoms with Crippen molar-refractivity contribution in [2.24, 2.45) is 4.99 Å². The predicted molar refractivity (Wildman–Crippen MR) is 116 cm³/mol. The third-order valence-electron chi connectivity index (χ3n) is 5.22. The van der Waals surface area contributed by atoms with E-state index in [9.17, 15) is 0 Å². The topological polar surface area (TPSA) is 29.8 Å². The third-order valence-corrected chi connectivity index (χ3v) is 6.08. The molecule has 1 aliphatic heterocycles. The van der Waals surface area contributed by atoms with E-state index in [-0.39, 0.29) is 0 Å². The van der Waals surface area contributed by atoms with Gasteiger partial charge in [0.2, 0.25) is 0 Å². The second-order valence-electron chi connectivity index (χ2n) is 7.27. The molecule has 1 fully saturated rings. The highest BCUT2D eigenvalue weighted by molar-refractivity contribution is 7.07. The number of ether oxygens (including phenoxy) is 1. The Kier molecular flexibility index (Phi) is 6.05. The molecule has 1 aromatic heterocycles. The molecule has 1 saturated heterocycles. The minimum atomic E-state index is 0.833. The first kappa shape index (κ1) is 19.1. The number of aromatic nitrogens is 1. The lowest BCUT2D eigenvalue weighted by atomic mass is 10.1. The molecule has 0 aliphatic carbocycles. The molecule has 2 heterocycles. The number of nitrogens with zero attached hydrogens (tertiary/aromatic N) is 3. The number of aryl methyl sites for hydroxylation is 2. The highest BCUT2D eigenvalue weighted by Crippen LogP contribution is 2.22. The maximum atomic E-state index is 5.49. The number of hydrogen-bond donors (Lipinski definition) is 0. The van der Waals surface area contributed by atoms with E-state index >= 15 is 0 Å². The van der Waals surface area contributed by atoms with Crippen LogP contribution in [-0.2, 0) is 11.3 Å². The summed E-state index contributed by atoms with van der Waals surface area (Å²) in [5.74, 6) is 0. The lowest BCUT2D eigenvalue weighted by Gasteiger charge is -2.26. The van der Waals surface area contributed by atoms with E-state index < -0.39 is 0 Å². The first-order chi connectivity index (χ1) is 13.7. The molecular formula is C23H27N3OS. The van der Waals surface area contributed by atoms with Crippen LogP contribution >= 0.6 is 11.3 Å². The Morgan fingerprint density at radius 1 is 0.964 bits per heavy atom. The van der Waals surface area contributed by atoms with E-state index in [2.05, 4.69) is 77.2 Å². The van der Waals surface area contributed by atoms with Gasteiger partial charge in [-0.15, -0.1) is 11.3 Å². The van der Waals surface area contributed by atoms with Gasteiger partial charge in [0.15, 0.2) is 4.80 Å². The van der Waals surface area contributed by atoms with Crippen molar-refractivity contribution >= 4 is 17.0 Å². The molecule has 5 heteroatoms. The van der Waals surface area contributed by atoms with Crippen LogP contribution in [0.25, 0.3) is 11.3 Å². The molecule has 0 bridgehead atoms. The SMILES string of the molecule is Cc1ccc(-c2csc(=Nc3ccccc3C)n2CCN2CCOCC2)cc1. The van der Waals surface area contributed by atoms with Gasteiger partial charge in [0.05, 0.1) is 24.6 Å². The van der Waals surface area contributed by atoms with Crippen LogP contribution in [0.4, 0.5) is 5.69 Å². The molecular weight excluding hydrogens is 366 g/mol. The summed E-state index contributed by atoms with van der Waals surface area (Å²) in [4.78, 5) is 8.54. The highest BCUT2D eigenvalue weighted by Gasteiger charge is 2.13. The smallest absolute Gasteiger partial charge is 0.190 e. The van der Waals surface area contributed by atoms with Crippen LogP contribution in [0.3, 0.4) is 0 Å². The number of rotatable bonds is 5. The standard InChI is InChI=1S/C23H27N3OS/c1-18-7-9-20(10-8-18)22-17-28-23(24-21-6-4-3-5-19(21)2)26(22)12-11-25-13-15-27-16-14-25/h3-10,17H,11-16H2,1-2H3. The summed E-state index contributed by atoms with van der Waals surface area (Å²) < 4.78 is 7.86. The third kappa shape index (κ3) is 4.43. The maximum absolute atomic E-state index is 5.49. The fourth-order valence-corrected chi connectivity index (χ4v) is 4.40. The van der Waals surface area contributed by atoms with E-state index in [4.69, 9.17) is 9.73 Å². The van der Waals surface area contributed by atoms with Crippen molar-refractivity contribution in [3.8, 4) is 11.3 Å². The Hall–Kier alpha value is -2.21. The Balaban J connectivity index is 1.71. The van der Waals surface area contributed by atoms with Gasteiger partial charge in [0.25, 0.3) is 0 Å². The molecule has 2 aromatic carbocycles. The van der Waals surface area contributed by atoms with E-state index in [0.29, 0.717) is 0 Å². The van der Waals surface area contributed by atoms with Gasteiger partial charge in [-0.25, -0.2) is 4.99 Å². The minimum Gasteiger partial charge on any atom is -0.379 e. The van der Waals surface area contributed by atoms with E-state index in [1.165, 1.54) is 22.4 Å². The van der Waals surface area contributed by atoms with Crippen LogP contribution in [0.15, 0.2) is 58.9 Å². The first-order valence-corrected chi connectivity index (χ1v) is 10.7. The van der Waals surface area contributed by atoms with Crippen LogP contribution in [0.5, 0.6) is 0 Å². The zero-order valence-corrected chi connectivity index (χ0v) is 17.4. The Morgan fingerprint density at radius 3 is 2.46 bits per heavy atom. The Labute approximate surface area is 170 Å². The minimum absolute atomic E-state index is 0.833. The van der Waals surface area contributed by atoms with Crippen LogP contribution in [-0.4, -0.2) is 42.3 Å². The van der Waals surface area contributed by atoms with E-state index in [1.54, 1.807) is 11.3 Å². The van der Waals surface area contributed by atoms with Crippen LogP contribution in [0, 0.1) is 13.8 Å². The Morgan fingerprint density at radius 2 is 1.71 bits per heavy atom. The van der Waals surface area contributed by atoms with Gasteiger partial charge in [0.1, 0.15) is 0 Å². The second kappa shape index (κ2) is 8.86. The lowest BCUT2D eigenvalue weighted by molar-refractivity contribution is 0.0363. The summed E-state index contributed by atoms with van der Waals surface area (Å²) in [5, 5.41) is 2.24. The molecule has 0 unspecified atom stereocenters. The molecule has 0 saturated carbocycles. The van der Waals surface area contributed by atoms with Crippen LogP contribution < -0.4 is 4.80 Å².